The average molecular weight is 395 g/mol. The number of fused-ring (bicyclic) bond motifs is 2. The fourth-order valence-corrected chi connectivity index (χ4v) is 4.63. The summed E-state index contributed by atoms with van der Waals surface area (Å²) in [7, 11) is -3.90. The molecule has 1 aromatic rings. The van der Waals surface area contributed by atoms with Gasteiger partial charge in [0.15, 0.2) is 0 Å². The van der Waals surface area contributed by atoms with Gasteiger partial charge in [0.1, 0.15) is 0 Å². The predicted molar refractivity (Wildman–Crippen MR) is 107 cm³/mol. The topological polar surface area (TPSA) is 99.3 Å². The first kappa shape index (κ1) is 20.1. The van der Waals surface area contributed by atoms with Crippen LogP contribution in [0.4, 0.5) is 10.5 Å². The van der Waals surface area contributed by atoms with Gasteiger partial charge in [0.05, 0.1) is 0 Å². The van der Waals surface area contributed by atoms with E-state index in [0.717, 1.165) is 44.2 Å². The van der Waals surface area contributed by atoms with E-state index in [4.69, 9.17) is 0 Å². The lowest BCUT2D eigenvalue weighted by Crippen LogP contribution is -2.46. The van der Waals surface area contributed by atoms with Gasteiger partial charge in [0.2, 0.25) is 0 Å². The Morgan fingerprint density at radius 1 is 1.00 bits per heavy atom. The van der Waals surface area contributed by atoms with E-state index in [0.29, 0.717) is 6.54 Å². The van der Waals surface area contributed by atoms with Crippen LogP contribution in [0.5, 0.6) is 0 Å². The summed E-state index contributed by atoms with van der Waals surface area (Å²) in [6.45, 7) is 6.69. The van der Waals surface area contributed by atoms with Crippen molar-refractivity contribution >= 4 is 21.9 Å². The van der Waals surface area contributed by atoms with Crippen molar-refractivity contribution in [3.05, 3.63) is 28.3 Å². The van der Waals surface area contributed by atoms with Gasteiger partial charge in [-0.05, 0) is 81.5 Å². The molecule has 0 aromatic heterocycles. The van der Waals surface area contributed by atoms with Crippen molar-refractivity contribution in [3.8, 4) is 0 Å². The van der Waals surface area contributed by atoms with Crippen LogP contribution in [0.1, 0.15) is 55.9 Å². The molecule has 0 spiro atoms. The predicted octanol–water partition coefficient (Wildman–Crippen LogP) is 2.01. The van der Waals surface area contributed by atoms with Gasteiger partial charge >= 0.3 is 16.2 Å². The smallest absolute Gasteiger partial charge is 0.311 e. The lowest BCUT2D eigenvalue weighted by atomic mass is 9.99. The van der Waals surface area contributed by atoms with E-state index in [1.807, 2.05) is 20.8 Å². The first-order chi connectivity index (χ1) is 12.6. The molecule has 0 saturated heterocycles. The zero-order valence-electron chi connectivity index (χ0n) is 16.4. The minimum Gasteiger partial charge on any atom is -0.311 e. The molecule has 2 amide bonds. The lowest BCUT2D eigenvalue weighted by Gasteiger charge is -2.20. The Labute approximate surface area is 161 Å². The lowest BCUT2D eigenvalue weighted by molar-refractivity contribution is 0.256. The van der Waals surface area contributed by atoms with Crippen LogP contribution in [0.3, 0.4) is 0 Å². The third-order valence-electron chi connectivity index (χ3n) is 5.01. The second kappa shape index (κ2) is 7.77. The highest BCUT2D eigenvalue weighted by atomic mass is 32.2. The van der Waals surface area contributed by atoms with Crippen molar-refractivity contribution in [3.63, 3.8) is 0 Å². The zero-order valence-corrected chi connectivity index (χ0v) is 17.2. The van der Waals surface area contributed by atoms with Gasteiger partial charge in [0.25, 0.3) is 0 Å². The van der Waals surface area contributed by atoms with Crippen LogP contribution in [0.25, 0.3) is 0 Å². The minimum atomic E-state index is -3.90. The maximum atomic E-state index is 12.4. The quantitative estimate of drug-likeness (QED) is 0.555. The molecule has 1 aromatic carbocycles. The molecule has 7 nitrogen and oxygen atoms in total. The second-order valence-corrected chi connectivity index (χ2v) is 9.86. The number of rotatable bonds is 6. The van der Waals surface area contributed by atoms with Gasteiger partial charge in [-0.15, -0.1) is 0 Å². The van der Waals surface area contributed by atoms with Crippen molar-refractivity contribution in [1.29, 1.82) is 0 Å². The molecular weight excluding hydrogens is 364 g/mol. The molecule has 150 valence electrons. The third kappa shape index (κ3) is 5.21. The molecule has 0 radical (unpaired) electrons. The molecular formula is C19H30N4O3S. The largest absolute Gasteiger partial charge is 0.333 e. The summed E-state index contributed by atoms with van der Waals surface area (Å²) >= 11 is 0. The SMILES string of the molecule is CC(C)(C)NCCNS(=O)(=O)NC(=O)Nc1c2c(cc3c1CCC3)CCC2. The summed E-state index contributed by atoms with van der Waals surface area (Å²) in [5.41, 5.74) is 5.67. The molecule has 0 saturated carbocycles. The van der Waals surface area contributed by atoms with E-state index in [1.165, 1.54) is 22.3 Å². The van der Waals surface area contributed by atoms with Crippen LogP contribution in [0.2, 0.25) is 0 Å². The molecule has 0 heterocycles. The average Bonchev–Trinajstić information content (AvgIpc) is 3.18. The highest BCUT2D eigenvalue weighted by Crippen LogP contribution is 2.38. The molecule has 0 aliphatic heterocycles. The van der Waals surface area contributed by atoms with Crippen LogP contribution in [-0.4, -0.2) is 33.1 Å². The van der Waals surface area contributed by atoms with E-state index in [-0.39, 0.29) is 12.1 Å². The third-order valence-corrected chi connectivity index (χ3v) is 6.05. The Morgan fingerprint density at radius 2 is 1.59 bits per heavy atom. The van der Waals surface area contributed by atoms with Gasteiger partial charge in [-0.1, -0.05) is 6.07 Å². The van der Waals surface area contributed by atoms with E-state index in [1.54, 1.807) is 0 Å². The number of urea groups is 1. The van der Waals surface area contributed by atoms with Crippen LogP contribution in [0.15, 0.2) is 6.07 Å². The van der Waals surface area contributed by atoms with E-state index < -0.39 is 16.2 Å². The molecule has 0 atom stereocenters. The number of benzene rings is 1. The zero-order chi connectivity index (χ0) is 19.7. The van der Waals surface area contributed by atoms with Crippen LogP contribution in [0, 0.1) is 0 Å². The number of nitrogens with one attached hydrogen (secondary N) is 4. The Hall–Kier alpha value is -1.64. The standard InChI is InChI=1S/C19H30N4O3S/c1-19(2,3)20-10-11-21-27(25,26)23-18(24)22-17-15-8-4-6-13(15)12-14-7-5-9-16(14)17/h12,20-21H,4-11H2,1-3H3,(H2,22,23,24). The van der Waals surface area contributed by atoms with Crippen molar-refractivity contribution in [2.75, 3.05) is 18.4 Å². The Bertz CT molecular complexity index is 796. The van der Waals surface area contributed by atoms with Crippen LogP contribution < -0.4 is 20.1 Å². The summed E-state index contributed by atoms with van der Waals surface area (Å²) in [6.07, 6.45) is 6.08. The number of aryl methyl sites for hydroxylation is 2. The van der Waals surface area contributed by atoms with Gasteiger partial charge in [-0.2, -0.15) is 13.1 Å². The maximum absolute atomic E-state index is 12.4. The van der Waals surface area contributed by atoms with Crippen molar-refractivity contribution in [2.45, 2.75) is 64.8 Å². The number of hydrogen-bond acceptors (Lipinski definition) is 4. The van der Waals surface area contributed by atoms with E-state index in [2.05, 4.69) is 26.1 Å². The fourth-order valence-electron chi connectivity index (χ4n) is 3.89. The molecule has 0 unspecified atom stereocenters. The normalized spacial score (nSPS) is 16.1. The number of carbonyl (C=O) groups is 1. The summed E-state index contributed by atoms with van der Waals surface area (Å²) < 4.78 is 28.7. The second-order valence-electron chi connectivity index (χ2n) is 8.36. The molecule has 0 fully saturated rings. The maximum Gasteiger partial charge on any atom is 0.333 e. The van der Waals surface area contributed by atoms with Crippen LogP contribution >= 0.6 is 0 Å². The Morgan fingerprint density at radius 3 is 2.15 bits per heavy atom. The van der Waals surface area contributed by atoms with Crippen molar-refractivity contribution in [2.24, 2.45) is 0 Å². The van der Waals surface area contributed by atoms with E-state index in [9.17, 15) is 13.2 Å². The van der Waals surface area contributed by atoms with Crippen LogP contribution in [-0.2, 0) is 35.9 Å². The number of hydrogen-bond donors (Lipinski definition) is 4. The molecule has 2 aliphatic rings. The summed E-state index contributed by atoms with van der Waals surface area (Å²) in [5.74, 6) is 0. The summed E-state index contributed by atoms with van der Waals surface area (Å²) in [5, 5.41) is 6.02. The monoisotopic (exact) mass is 394 g/mol. The van der Waals surface area contributed by atoms with Gasteiger partial charge in [0, 0.05) is 24.3 Å². The molecule has 8 heteroatoms. The van der Waals surface area contributed by atoms with Gasteiger partial charge in [-0.3, -0.25) is 0 Å². The number of amides is 2. The highest BCUT2D eigenvalue weighted by molar-refractivity contribution is 7.88. The molecule has 2 aliphatic carbocycles. The molecule has 3 rings (SSSR count). The molecule has 27 heavy (non-hydrogen) atoms. The number of anilines is 1. The molecule has 0 bridgehead atoms. The minimum absolute atomic E-state index is 0.0929. The Kier molecular flexibility index (Phi) is 5.79. The highest BCUT2D eigenvalue weighted by Gasteiger charge is 2.25. The molecule has 4 N–H and O–H groups in total. The summed E-state index contributed by atoms with van der Waals surface area (Å²) in [4.78, 5) is 12.4. The summed E-state index contributed by atoms with van der Waals surface area (Å²) in [6, 6.07) is 1.56. The Balaban J connectivity index is 1.62. The number of carbonyl (C=O) groups excluding carboxylic acids is 1. The van der Waals surface area contributed by atoms with Gasteiger partial charge in [-0.25, -0.2) is 9.52 Å². The fraction of sp³-hybridized carbons (Fsp3) is 0.632. The van der Waals surface area contributed by atoms with Crippen molar-refractivity contribution in [1.82, 2.24) is 14.8 Å². The first-order valence-corrected chi connectivity index (χ1v) is 11.1. The van der Waals surface area contributed by atoms with Crippen molar-refractivity contribution < 1.29 is 13.2 Å². The van der Waals surface area contributed by atoms with E-state index >= 15 is 0 Å². The van der Waals surface area contributed by atoms with Gasteiger partial charge < -0.3 is 10.6 Å². The first-order valence-electron chi connectivity index (χ1n) is 9.64.